The monoisotopic (exact) mass is 212 g/mol. The van der Waals surface area contributed by atoms with Crippen molar-refractivity contribution in [2.45, 2.75) is 12.6 Å². The summed E-state index contributed by atoms with van der Waals surface area (Å²) in [5, 5.41) is 24.3. The van der Waals surface area contributed by atoms with Crippen LogP contribution in [0.5, 0.6) is 0 Å². The second-order valence-electron chi connectivity index (χ2n) is 3.43. The van der Waals surface area contributed by atoms with Crippen molar-refractivity contribution in [3.63, 3.8) is 0 Å². The average molecular weight is 213 g/mol. The van der Waals surface area contributed by atoms with Crippen LogP contribution in [0.4, 0.5) is 0 Å². The first-order valence-corrected chi connectivity index (χ1v) is 4.74. The van der Waals surface area contributed by atoms with Crippen molar-refractivity contribution >= 4 is 11.6 Å². The Hall–Kier alpha value is -1.29. The standard InChI is InChI=1S/C9H9ClN2O2/c1-9(6-10)11(13)7-4-2-3-5-8(7)12(9)14/h2-5H,6H2,1H3. The molecule has 1 aromatic rings. The number of hydroxylamine groups is 2. The number of rotatable bonds is 1. The van der Waals surface area contributed by atoms with Gasteiger partial charge in [-0.15, -0.1) is 21.1 Å². The summed E-state index contributed by atoms with van der Waals surface area (Å²) in [5.74, 6) is -0.0331. The topological polar surface area (TPSA) is 52.1 Å². The molecule has 0 atom stereocenters. The summed E-state index contributed by atoms with van der Waals surface area (Å²) in [5.41, 5.74) is -1.22. The number of nitrogens with zero attached hydrogens (tertiary/aromatic N) is 2. The van der Waals surface area contributed by atoms with E-state index in [1.807, 2.05) is 0 Å². The number of hydrogen-bond donors (Lipinski definition) is 0. The van der Waals surface area contributed by atoms with Gasteiger partial charge in [-0.25, -0.2) is 0 Å². The molecule has 0 aliphatic carbocycles. The Labute approximate surface area is 85.5 Å². The van der Waals surface area contributed by atoms with Gasteiger partial charge in [-0.3, -0.25) is 0 Å². The van der Waals surface area contributed by atoms with Gasteiger partial charge in [-0.2, -0.15) is 0 Å². The van der Waals surface area contributed by atoms with Crippen molar-refractivity contribution in [3.05, 3.63) is 45.4 Å². The van der Waals surface area contributed by atoms with Crippen LogP contribution in [-0.2, 0) is 0 Å². The molecule has 1 aromatic carbocycles. The fourth-order valence-corrected chi connectivity index (χ4v) is 1.73. The Morgan fingerprint density at radius 3 is 2.00 bits per heavy atom. The van der Waals surface area contributed by atoms with Gasteiger partial charge in [0.05, 0.1) is 6.92 Å². The molecule has 0 fully saturated rings. The Kier molecular flexibility index (Phi) is 1.89. The molecule has 0 saturated heterocycles. The summed E-state index contributed by atoms with van der Waals surface area (Å²) < 4.78 is 1.34. The molecule has 0 aromatic heterocycles. The number of halogens is 1. The predicted octanol–water partition coefficient (Wildman–Crippen LogP) is -0.367. The van der Waals surface area contributed by atoms with E-state index in [9.17, 15) is 10.4 Å². The Morgan fingerprint density at radius 1 is 1.21 bits per heavy atom. The molecule has 0 N–H and O–H groups in total. The Bertz CT molecular complexity index is 457. The van der Waals surface area contributed by atoms with Crippen LogP contribution in [-0.4, -0.2) is 11.5 Å². The van der Waals surface area contributed by atoms with Crippen molar-refractivity contribution in [1.82, 2.24) is 9.48 Å². The van der Waals surface area contributed by atoms with E-state index in [4.69, 9.17) is 11.6 Å². The molecule has 4 nitrogen and oxygen atoms in total. The van der Waals surface area contributed by atoms with Crippen molar-refractivity contribution in [2.24, 2.45) is 0 Å². The van der Waals surface area contributed by atoms with E-state index in [1.165, 1.54) is 6.92 Å². The highest BCUT2D eigenvalue weighted by atomic mass is 35.5. The van der Waals surface area contributed by atoms with E-state index in [2.05, 4.69) is 0 Å². The molecule has 0 radical (unpaired) electrons. The zero-order chi connectivity index (χ0) is 10.3. The molecule has 0 bridgehead atoms. The third-order valence-electron chi connectivity index (χ3n) is 2.45. The van der Waals surface area contributed by atoms with Crippen molar-refractivity contribution in [1.29, 1.82) is 0 Å². The van der Waals surface area contributed by atoms with E-state index in [0.29, 0.717) is 20.2 Å². The first-order valence-electron chi connectivity index (χ1n) is 4.21. The zero-order valence-corrected chi connectivity index (χ0v) is 8.36. The highest BCUT2D eigenvalue weighted by molar-refractivity contribution is 6.18. The minimum absolute atomic E-state index is 0.0331. The first kappa shape index (κ1) is 9.27. The third-order valence-corrected chi connectivity index (χ3v) is 2.95. The van der Waals surface area contributed by atoms with Gasteiger partial charge in [0.1, 0.15) is 0 Å². The quantitative estimate of drug-likeness (QED) is 0.363. The van der Waals surface area contributed by atoms with Gasteiger partial charge in [-0.05, 0) is 0 Å². The number of benzene rings is 1. The van der Waals surface area contributed by atoms with Gasteiger partial charge in [-0.1, -0.05) is 12.1 Å². The summed E-state index contributed by atoms with van der Waals surface area (Å²) in [6.07, 6.45) is 0. The first-order chi connectivity index (χ1) is 6.61. The molecule has 0 amide bonds. The van der Waals surface area contributed by atoms with Crippen LogP contribution < -0.4 is 20.2 Å². The maximum Gasteiger partial charge on any atom is 0.383 e. The van der Waals surface area contributed by atoms with E-state index in [1.54, 1.807) is 24.3 Å². The van der Waals surface area contributed by atoms with Crippen molar-refractivity contribution < 1.29 is 0 Å². The lowest BCUT2D eigenvalue weighted by atomic mass is 10.3. The lowest BCUT2D eigenvalue weighted by molar-refractivity contribution is 0.327. The number of hydrogen-bond acceptors (Lipinski definition) is 2. The summed E-state index contributed by atoms with van der Waals surface area (Å²) in [7, 11) is 0. The molecule has 2 rings (SSSR count). The van der Waals surface area contributed by atoms with Gasteiger partial charge in [0.15, 0.2) is 5.88 Å². The Balaban J connectivity index is 2.90. The van der Waals surface area contributed by atoms with Crippen LogP contribution in [0.1, 0.15) is 6.92 Å². The van der Waals surface area contributed by atoms with E-state index in [0.717, 1.165) is 0 Å². The summed E-state index contributed by atoms with van der Waals surface area (Å²) >= 11 is 5.65. The molecule has 5 heteroatoms. The van der Waals surface area contributed by atoms with Crippen LogP contribution >= 0.6 is 11.6 Å². The maximum atomic E-state index is 11.8. The minimum atomic E-state index is -1.22. The highest BCUT2D eigenvalue weighted by Gasteiger charge is 2.46. The maximum absolute atomic E-state index is 11.8. The van der Waals surface area contributed by atoms with E-state index < -0.39 is 5.66 Å². The molecule has 1 heterocycles. The Morgan fingerprint density at radius 2 is 1.64 bits per heavy atom. The van der Waals surface area contributed by atoms with Gasteiger partial charge >= 0.3 is 5.66 Å². The normalized spacial score (nSPS) is 18.4. The van der Waals surface area contributed by atoms with Crippen LogP contribution in [0.3, 0.4) is 0 Å². The zero-order valence-electron chi connectivity index (χ0n) is 7.61. The second kappa shape index (κ2) is 2.85. The minimum Gasteiger partial charge on any atom is -0.618 e. The number of para-hydroxylation sites is 2. The molecule has 1 aliphatic rings. The number of alkyl halides is 1. The molecule has 0 saturated carbocycles. The summed E-state index contributed by atoms with van der Waals surface area (Å²) in [6.45, 7) is 1.53. The highest BCUT2D eigenvalue weighted by Crippen LogP contribution is 2.09. The van der Waals surface area contributed by atoms with Crippen LogP contribution in [0.15, 0.2) is 24.3 Å². The lowest BCUT2D eigenvalue weighted by Crippen LogP contribution is -2.50. The van der Waals surface area contributed by atoms with Gasteiger partial charge in [0.2, 0.25) is 0 Å². The van der Waals surface area contributed by atoms with Crippen molar-refractivity contribution in [3.8, 4) is 0 Å². The average Bonchev–Trinajstić information content (AvgIpc) is 2.43. The SMILES string of the molecule is CC1(CCl)[N+]([O-])=c2ccccc2=[N+]1[O-]. The fraction of sp³-hybridized carbons (Fsp3) is 0.333. The largest absolute Gasteiger partial charge is 0.618 e. The third kappa shape index (κ3) is 0.944. The molecular weight excluding hydrogens is 204 g/mol. The second-order valence-corrected chi connectivity index (χ2v) is 3.70. The summed E-state index contributed by atoms with van der Waals surface area (Å²) in [6, 6.07) is 6.67. The van der Waals surface area contributed by atoms with E-state index in [-0.39, 0.29) is 5.88 Å². The van der Waals surface area contributed by atoms with Crippen LogP contribution in [0, 0.1) is 10.4 Å². The predicted molar refractivity (Wildman–Crippen MR) is 54.0 cm³/mol. The van der Waals surface area contributed by atoms with Crippen LogP contribution in [0.25, 0.3) is 0 Å². The van der Waals surface area contributed by atoms with Crippen molar-refractivity contribution in [2.75, 3.05) is 5.88 Å². The lowest BCUT2D eigenvalue weighted by Gasteiger charge is -2.19. The number of fused-ring (bicyclic) bond motifs is 1. The molecule has 1 aliphatic heterocycles. The van der Waals surface area contributed by atoms with Gasteiger partial charge < -0.3 is 10.4 Å². The fourth-order valence-electron chi connectivity index (χ4n) is 1.52. The summed E-state index contributed by atoms with van der Waals surface area (Å²) in [4.78, 5) is 0. The molecule has 14 heavy (non-hydrogen) atoms. The van der Waals surface area contributed by atoms with Gasteiger partial charge in [0, 0.05) is 12.1 Å². The van der Waals surface area contributed by atoms with Crippen LogP contribution in [0.2, 0.25) is 0 Å². The molecule has 0 spiro atoms. The molecule has 0 unspecified atom stereocenters. The molecular formula is C9H9ClN2O2. The smallest absolute Gasteiger partial charge is 0.383 e. The molecule has 74 valence electrons. The van der Waals surface area contributed by atoms with Gasteiger partial charge in [0.25, 0.3) is 10.7 Å². The van der Waals surface area contributed by atoms with E-state index >= 15 is 0 Å².